The van der Waals surface area contributed by atoms with Crippen LogP contribution in [-0.2, 0) is 11.0 Å². The monoisotopic (exact) mass is 479 g/mol. The van der Waals surface area contributed by atoms with Crippen molar-refractivity contribution in [2.24, 2.45) is 5.92 Å². The van der Waals surface area contributed by atoms with E-state index in [0.29, 0.717) is 17.9 Å². The number of ether oxygens (including phenoxy) is 1. The third kappa shape index (κ3) is 5.20. The van der Waals surface area contributed by atoms with E-state index in [-0.39, 0.29) is 40.4 Å². The summed E-state index contributed by atoms with van der Waals surface area (Å²) in [5.41, 5.74) is -0.663. The number of hydrogen-bond acceptors (Lipinski definition) is 3. The molecule has 3 rings (SSSR count). The van der Waals surface area contributed by atoms with E-state index >= 15 is 0 Å². The van der Waals surface area contributed by atoms with Crippen LogP contribution in [0.4, 0.5) is 13.2 Å². The lowest BCUT2D eigenvalue weighted by Crippen LogP contribution is -2.41. The summed E-state index contributed by atoms with van der Waals surface area (Å²) in [5, 5.41) is 0.520. The van der Waals surface area contributed by atoms with Gasteiger partial charge in [-0.05, 0) is 49.2 Å². The lowest BCUT2D eigenvalue weighted by atomic mass is 9.96. The van der Waals surface area contributed by atoms with Crippen molar-refractivity contribution >= 4 is 46.7 Å². The van der Waals surface area contributed by atoms with Gasteiger partial charge in [-0.25, -0.2) is 0 Å². The molecule has 1 heterocycles. The lowest BCUT2D eigenvalue weighted by molar-refractivity contribution is -0.140. The molecule has 1 amide bonds. The van der Waals surface area contributed by atoms with Gasteiger partial charge in [0.15, 0.2) is 5.75 Å². The standard InChI is InChI=1S/C20H15Cl3F3NO3/c21-14-9-15(22)17(16(23)10-14)30-19(29)12-5-7-27(8-6-12)18(28)11-1-3-13(4-2-11)20(24,25)26/h1-4,9-10,12H,5-8H2. The van der Waals surface area contributed by atoms with Gasteiger partial charge in [0.05, 0.1) is 21.5 Å². The molecule has 0 radical (unpaired) electrons. The van der Waals surface area contributed by atoms with E-state index in [0.717, 1.165) is 24.3 Å². The van der Waals surface area contributed by atoms with E-state index in [9.17, 15) is 22.8 Å². The number of rotatable bonds is 3. The molecule has 1 fully saturated rings. The summed E-state index contributed by atoms with van der Waals surface area (Å²) in [6, 6.07) is 6.85. The summed E-state index contributed by atoms with van der Waals surface area (Å²) in [5.74, 6) is -1.36. The number of piperidine rings is 1. The number of esters is 1. The van der Waals surface area contributed by atoms with Gasteiger partial charge in [-0.1, -0.05) is 34.8 Å². The molecule has 160 valence electrons. The van der Waals surface area contributed by atoms with Crippen molar-refractivity contribution in [3.05, 3.63) is 62.6 Å². The van der Waals surface area contributed by atoms with Crippen LogP contribution in [0.15, 0.2) is 36.4 Å². The first-order chi connectivity index (χ1) is 14.1. The first-order valence-electron chi connectivity index (χ1n) is 8.89. The summed E-state index contributed by atoms with van der Waals surface area (Å²) >= 11 is 17.9. The highest BCUT2D eigenvalue weighted by molar-refractivity contribution is 6.40. The highest BCUT2D eigenvalue weighted by Crippen LogP contribution is 2.37. The van der Waals surface area contributed by atoms with Crippen molar-refractivity contribution in [1.29, 1.82) is 0 Å². The minimum absolute atomic E-state index is 0.0241. The number of benzene rings is 2. The van der Waals surface area contributed by atoms with Crippen LogP contribution in [-0.4, -0.2) is 29.9 Å². The third-order valence-corrected chi connectivity index (χ3v) is 5.52. The summed E-state index contributed by atoms with van der Waals surface area (Å²) in [4.78, 5) is 26.5. The summed E-state index contributed by atoms with van der Waals surface area (Å²) in [6.07, 6.45) is -3.78. The molecule has 1 saturated heterocycles. The molecule has 10 heteroatoms. The Bertz CT molecular complexity index is 933. The minimum atomic E-state index is -4.46. The van der Waals surface area contributed by atoms with E-state index in [1.165, 1.54) is 17.0 Å². The SMILES string of the molecule is O=C(Oc1c(Cl)cc(Cl)cc1Cl)C1CCN(C(=O)c2ccc(C(F)(F)F)cc2)CC1. The van der Waals surface area contributed by atoms with E-state index in [1.807, 2.05) is 0 Å². The van der Waals surface area contributed by atoms with Crippen LogP contribution in [0.25, 0.3) is 0 Å². The van der Waals surface area contributed by atoms with Gasteiger partial charge in [0.25, 0.3) is 5.91 Å². The van der Waals surface area contributed by atoms with Crippen molar-refractivity contribution in [3.63, 3.8) is 0 Å². The minimum Gasteiger partial charge on any atom is -0.423 e. The highest BCUT2D eigenvalue weighted by Gasteiger charge is 2.32. The Balaban J connectivity index is 1.59. The fourth-order valence-electron chi connectivity index (χ4n) is 3.11. The van der Waals surface area contributed by atoms with E-state index in [1.54, 1.807) is 0 Å². The molecule has 0 saturated carbocycles. The van der Waals surface area contributed by atoms with Crippen LogP contribution < -0.4 is 4.74 Å². The molecule has 0 bridgehead atoms. The molecule has 0 unspecified atom stereocenters. The van der Waals surface area contributed by atoms with Gasteiger partial charge in [-0.15, -0.1) is 0 Å². The number of hydrogen-bond donors (Lipinski definition) is 0. The molecule has 0 N–H and O–H groups in total. The molecule has 4 nitrogen and oxygen atoms in total. The maximum atomic E-state index is 12.7. The Hall–Kier alpha value is -1.96. The zero-order valence-electron chi connectivity index (χ0n) is 15.3. The van der Waals surface area contributed by atoms with Crippen LogP contribution in [0.1, 0.15) is 28.8 Å². The average Bonchev–Trinajstić information content (AvgIpc) is 2.69. The molecule has 0 spiro atoms. The molecule has 0 aromatic heterocycles. The Kier molecular flexibility index (Phi) is 6.84. The topological polar surface area (TPSA) is 46.6 Å². The Morgan fingerprint density at radius 3 is 2.00 bits per heavy atom. The second-order valence-corrected chi connectivity index (χ2v) is 8.01. The molecule has 0 aliphatic carbocycles. The largest absolute Gasteiger partial charge is 0.423 e. The highest BCUT2D eigenvalue weighted by atomic mass is 35.5. The van der Waals surface area contributed by atoms with Crippen LogP contribution in [0.3, 0.4) is 0 Å². The third-order valence-electron chi connectivity index (χ3n) is 4.74. The van der Waals surface area contributed by atoms with Gasteiger partial charge in [-0.2, -0.15) is 13.2 Å². The van der Waals surface area contributed by atoms with Gasteiger partial charge in [-0.3, -0.25) is 9.59 Å². The summed E-state index contributed by atoms with van der Waals surface area (Å²) in [7, 11) is 0. The zero-order chi connectivity index (χ0) is 22.1. The lowest BCUT2D eigenvalue weighted by Gasteiger charge is -2.31. The maximum Gasteiger partial charge on any atom is 0.416 e. The van der Waals surface area contributed by atoms with Gasteiger partial charge in [0.2, 0.25) is 0 Å². The first kappa shape index (κ1) is 22.7. The Labute approximate surface area is 185 Å². The average molecular weight is 481 g/mol. The van der Waals surface area contributed by atoms with E-state index in [2.05, 4.69) is 0 Å². The van der Waals surface area contributed by atoms with Crippen LogP contribution >= 0.6 is 34.8 Å². The second-order valence-electron chi connectivity index (χ2n) is 6.76. The van der Waals surface area contributed by atoms with Crippen molar-refractivity contribution in [2.75, 3.05) is 13.1 Å². The molecule has 1 aliphatic rings. The van der Waals surface area contributed by atoms with Crippen molar-refractivity contribution in [1.82, 2.24) is 4.90 Å². The summed E-state index contributed by atoms with van der Waals surface area (Å²) < 4.78 is 43.3. The molecular weight excluding hydrogens is 466 g/mol. The molecule has 1 aliphatic heterocycles. The zero-order valence-corrected chi connectivity index (χ0v) is 17.6. The molecule has 2 aromatic carbocycles. The van der Waals surface area contributed by atoms with Gasteiger partial charge < -0.3 is 9.64 Å². The van der Waals surface area contributed by atoms with E-state index in [4.69, 9.17) is 39.5 Å². The fourth-order valence-corrected chi connectivity index (χ4v) is 4.01. The Morgan fingerprint density at radius 1 is 0.967 bits per heavy atom. The number of likely N-dealkylation sites (tertiary alicyclic amines) is 1. The first-order valence-corrected chi connectivity index (χ1v) is 10.0. The predicted molar refractivity (Wildman–Crippen MR) is 107 cm³/mol. The number of carbonyl (C=O) groups is 2. The number of amides is 1. The maximum absolute atomic E-state index is 12.7. The molecule has 0 atom stereocenters. The van der Waals surface area contributed by atoms with Crippen LogP contribution in [0.2, 0.25) is 15.1 Å². The van der Waals surface area contributed by atoms with Gasteiger partial charge in [0, 0.05) is 23.7 Å². The normalized spacial score (nSPS) is 15.2. The number of nitrogens with zero attached hydrogens (tertiary/aromatic N) is 1. The van der Waals surface area contributed by atoms with Crippen molar-refractivity contribution in [3.8, 4) is 5.75 Å². The number of carbonyl (C=O) groups excluding carboxylic acids is 2. The quantitative estimate of drug-likeness (QED) is 0.392. The number of halogens is 6. The van der Waals surface area contributed by atoms with Gasteiger partial charge >= 0.3 is 12.1 Å². The molecule has 2 aromatic rings. The van der Waals surface area contributed by atoms with Gasteiger partial charge in [0.1, 0.15) is 0 Å². The summed E-state index contributed by atoms with van der Waals surface area (Å²) in [6.45, 7) is 0.531. The Morgan fingerprint density at radius 2 is 1.50 bits per heavy atom. The molecular formula is C20H15Cl3F3NO3. The van der Waals surface area contributed by atoms with Crippen LogP contribution in [0.5, 0.6) is 5.75 Å². The smallest absolute Gasteiger partial charge is 0.416 e. The predicted octanol–water partition coefficient (Wildman–Crippen LogP) is 6.12. The fraction of sp³-hybridized carbons (Fsp3) is 0.300. The van der Waals surface area contributed by atoms with E-state index < -0.39 is 23.6 Å². The van der Waals surface area contributed by atoms with Crippen molar-refractivity contribution < 1.29 is 27.5 Å². The molecule has 30 heavy (non-hydrogen) atoms. The second kappa shape index (κ2) is 9.04. The number of alkyl halides is 3. The van der Waals surface area contributed by atoms with Crippen molar-refractivity contribution in [2.45, 2.75) is 19.0 Å². The van der Waals surface area contributed by atoms with Crippen LogP contribution in [0, 0.1) is 5.92 Å².